The molecule has 0 amide bonds. The summed E-state index contributed by atoms with van der Waals surface area (Å²) < 4.78 is 27.2. The molecule has 1 aromatic carbocycles. The Hall–Kier alpha value is -0.910. The number of benzene rings is 1. The Labute approximate surface area is 122 Å². The van der Waals surface area contributed by atoms with Crippen molar-refractivity contribution in [3.63, 3.8) is 0 Å². The zero-order chi connectivity index (χ0) is 14.4. The summed E-state index contributed by atoms with van der Waals surface area (Å²) in [5.41, 5.74) is 0.978. The molecule has 1 aliphatic rings. The summed E-state index contributed by atoms with van der Waals surface area (Å²) in [6.07, 6.45) is 6.04. The van der Waals surface area contributed by atoms with E-state index >= 15 is 0 Å². The zero-order valence-electron chi connectivity index (χ0n) is 12.1. The van der Waals surface area contributed by atoms with Gasteiger partial charge in [0, 0.05) is 13.1 Å². The molecule has 1 aliphatic carbocycles. The Morgan fingerprint density at radius 2 is 2.00 bits per heavy atom. The van der Waals surface area contributed by atoms with Crippen molar-refractivity contribution in [2.45, 2.75) is 43.5 Å². The molecule has 0 aromatic heterocycles. The Morgan fingerprint density at radius 1 is 1.25 bits per heavy atom. The van der Waals surface area contributed by atoms with Crippen molar-refractivity contribution >= 4 is 10.0 Å². The van der Waals surface area contributed by atoms with E-state index < -0.39 is 10.0 Å². The Morgan fingerprint density at radius 3 is 2.70 bits per heavy atom. The van der Waals surface area contributed by atoms with Crippen LogP contribution in [0.2, 0.25) is 0 Å². The molecule has 0 saturated heterocycles. The van der Waals surface area contributed by atoms with Gasteiger partial charge in [0.15, 0.2) is 0 Å². The number of nitrogens with one attached hydrogen (secondary N) is 2. The van der Waals surface area contributed by atoms with E-state index in [2.05, 4.69) is 10.0 Å². The van der Waals surface area contributed by atoms with Crippen LogP contribution < -0.4 is 10.0 Å². The standard InChI is InChI=1S/C15H24N2O2S/c1-16-12-14-7-4-8-15(11-14)20(18,19)17-10-9-13-5-2-3-6-13/h4,7-8,11,13,16-17H,2-3,5-6,9-10,12H2,1H3. The first kappa shape index (κ1) is 15.5. The molecule has 5 heteroatoms. The third-order valence-electron chi connectivity index (χ3n) is 3.91. The lowest BCUT2D eigenvalue weighted by Gasteiger charge is -2.11. The molecule has 1 fully saturated rings. The first-order chi connectivity index (χ1) is 9.62. The van der Waals surface area contributed by atoms with Crippen LogP contribution in [0.4, 0.5) is 0 Å². The van der Waals surface area contributed by atoms with Crippen molar-refractivity contribution in [3.05, 3.63) is 29.8 Å². The van der Waals surface area contributed by atoms with E-state index in [0.717, 1.165) is 12.0 Å². The van der Waals surface area contributed by atoms with Crippen LogP contribution in [0.15, 0.2) is 29.2 Å². The van der Waals surface area contributed by atoms with Gasteiger partial charge in [0.2, 0.25) is 10.0 Å². The summed E-state index contributed by atoms with van der Waals surface area (Å²) in [6, 6.07) is 7.09. The van der Waals surface area contributed by atoms with Crippen LogP contribution >= 0.6 is 0 Å². The SMILES string of the molecule is CNCc1cccc(S(=O)(=O)NCCC2CCCC2)c1. The largest absolute Gasteiger partial charge is 0.316 e. The van der Waals surface area contributed by atoms with Crippen LogP contribution in [0, 0.1) is 5.92 Å². The van der Waals surface area contributed by atoms with Gasteiger partial charge < -0.3 is 5.32 Å². The van der Waals surface area contributed by atoms with Crippen molar-refractivity contribution in [1.82, 2.24) is 10.0 Å². The average Bonchev–Trinajstić information content (AvgIpc) is 2.92. The van der Waals surface area contributed by atoms with E-state index in [1.807, 2.05) is 13.1 Å². The minimum Gasteiger partial charge on any atom is -0.316 e. The lowest BCUT2D eigenvalue weighted by Crippen LogP contribution is -2.26. The molecule has 4 nitrogen and oxygen atoms in total. The Balaban J connectivity index is 1.93. The summed E-state index contributed by atoms with van der Waals surface area (Å²) in [7, 11) is -1.52. The van der Waals surface area contributed by atoms with Gasteiger partial charge in [0.1, 0.15) is 0 Å². The van der Waals surface area contributed by atoms with Crippen LogP contribution in [0.5, 0.6) is 0 Å². The molecule has 0 atom stereocenters. The second-order valence-corrected chi connectivity index (χ2v) is 7.28. The molecular formula is C15H24N2O2S. The molecule has 20 heavy (non-hydrogen) atoms. The maximum atomic E-state index is 12.2. The fraction of sp³-hybridized carbons (Fsp3) is 0.600. The molecule has 2 rings (SSSR count). The summed E-state index contributed by atoms with van der Waals surface area (Å²) in [5, 5.41) is 3.03. The molecule has 0 heterocycles. The first-order valence-electron chi connectivity index (χ1n) is 7.35. The van der Waals surface area contributed by atoms with E-state index in [1.165, 1.54) is 25.7 Å². The molecular weight excluding hydrogens is 272 g/mol. The molecule has 0 radical (unpaired) electrons. The monoisotopic (exact) mass is 296 g/mol. The summed E-state index contributed by atoms with van der Waals surface area (Å²) in [5.74, 6) is 0.702. The smallest absolute Gasteiger partial charge is 0.240 e. The van der Waals surface area contributed by atoms with Crippen LogP contribution in [-0.4, -0.2) is 22.0 Å². The van der Waals surface area contributed by atoms with E-state index in [4.69, 9.17) is 0 Å². The minimum atomic E-state index is -3.37. The second-order valence-electron chi connectivity index (χ2n) is 5.51. The van der Waals surface area contributed by atoms with Gasteiger partial charge in [-0.1, -0.05) is 37.8 Å². The highest BCUT2D eigenvalue weighted by Crippen LogP contribution is 2.27. The summed E-state index contributed by atoms with van der Waals surface area (Å²) in [6.45, 7) is 1.22. The number of rotatable bonds is 7. The molecule has 0 aliphatic heterocycles. The first-order valence-corrected chi connectivity index (χ1v) is 8.83. The van der Waals surface area contributed by atoms with Gasteiger partial charge >= 0.3 is 0 Å². The van der Waals surface area contributed by atoms with E-state index in [1.54, 1.807) is 18.2 Å². The Bertz CT molecular complexity index is 522. The van der Waals surface area contributed by atoms with Crippen LogP contribution in [-0.2, 0) is 16.6 Å². The minimum absolute atomic E-state index is 0.358. The fourth-order valence-corrected chi connectivity index (χ4v) is 3.92. The molecule has 112 valence electrons. The van der Waals surface area contributed by atoms with Crippen molar-refractivity contribution in [2.75, 3.05) is 13.6 Å². The lowest BCUT2D eigenvalue weighted by molar-refractivity contribution is 0.495. The van der Waals surface area contributed by atoms with Gasteiger partial charge in [0.25, 0.3) is 0 Å². The molecule has 0 bridgehead atoms. The maximum Gasteiger partial charge on any atom is 0.240 e. The fourth-order valence-electron chi connectivity index (χ4n) is 2.81. The lowest BCUT2D eigenvalue weighted by atomic mass is 10.1. The normalized spacial score (nSPS) is 16.6. The van der Waals surface area contributed by atoms with Crippen molar-refractivity contribution in [3.8, 4) is 0 Å². The van der Waals surface area contributed by atoms with Gasteiger partial charge in [0.05, 0.1) is 4.90 Å². The van der Waals surface area contributed by atoms with Crippen molar-refractivity contribution in [2.24, 2.45) is 5.92 Å². The molecule has 1 aromatic rings. The van der Waals surface area contributed by atoms with E-state index in [-0.39, 0.29) is 0 Å². The molecule has 1 saturated carbocycles. The highest BCUT2D eigenvalue weighted by atomic mass is 32.2. The maximum absolute atomic E-state index is 12.2. The van der Waals surface area contributed by atoms with Gasteiger partial charge in [-0.25, -0.2) is 13.1 Å². The highest BCUT2D eigenvalue weighted by Gasteiger charge is 2.17. The zero-order valence-corrected chi connectivity index (χ0v) is 12.9. The third-order valence-corrected chi connectivity index (χ3v) is 5.37. The van der Waals surface area contributed by atoms with Crippen molar-refractivity contribution < 1.29 is 8.42 Å². The quantitative estimate of drug-likeness (QED) is 0.811. The summed E-state index contributed by atoms with van der Waals surface area (Å²) >= 11 is 0. The van der Waals surface area contributed by atoms with E-state index in [0.29, 0.717) is 23.9 Å². The highest BCUT2D eigenvalue weighted by molar-refractivity contribution is 7.89. The second kappa shape index (κ2) is 7.20. The third kappa shape index (κ3) is 4.30. The van der Waals surface area contributed by atoms with Crippen molar-refractivity contribution in [1.29, 1.82) is 0 Å². The van der Waals surface area contributed by atoms with Crippen LogP contribution in [0.25, 0.3) is 0 Å². The molecule has 2 N–H and O–H groups in total. The number of hydrogen-bond acceptors (Lipinski definition) is 3. The topological polar surface area (TPSA) is 58.2 Å². The molecule has 0 spiro atoms. The number of hydrogen-bond donors (Lipinski definition) is 2. The van der Waals surface area contributed by atoms with E-state index in [9.17, 15) is 8.42 Å². The van der Waals surface area contributed by atoms with Gasteiger partial charge in [-0.15, -0.1) is 0 Å². The summed E-state index contributed by atoms with van der Waals surface area (Å²) in [4.78, 5) is 0.358. The van der Waals surface area contributed by atoms with Gasteiger partial charge in [-0.3, -0.25) is 0 Å². The Kier molecular flexibility index (Phi) is 5.57. The van der Waals surface area contributed by atoms with Gasteiger partial charge in [-0.05, 0) is 37.1 Å². The van der Waals surface area contributed by atoms with Crippen LogP contribution in [0.1, 0.15) is 37.7 Å². The predicted molar refractivity (Wildman–Crippen MR) is 81.0 cm³/mol. The van der Waals surface area contributed by atoms with Crippen LogP contribution in [0.3, 0.4) is 0 Å². The number of sulfonamides is 1. The predicted octanol–water partition coefficient (Wildman–Crippen LogP) is 2.26. The van der Waals surface area contributed by atoms with Gasteiger partial charge in [-0.2, -0.15) is 0 Å². The average molecular weight is 296 g/mol. The molecule has 0 unspecified atom stereocenters.